The lowest BCUT2D eigenvalue weighted by molar-refractivity contribution is -0.122. The number of hydrogen-bond acceptors (Lipinski definition) is 4. The fourth-order valence-electron chi connectivity index (χ4n) is 5.18. The van der Waals surface area contributed by atoms with E-state index in [2.05, 4.69) is 43.0 Å². The predicted octanol–water partition coefficient (Wildman–Crippen LogP) is 1.78. The van der Waals surface area contributed by atoms with Crippen LogP contribution < -0.4 is 5.32 Å². The average Bonchev–Trinajstić information content (AvgIpc) is 2.84. The normalized spacial score (nSPS) is 32.2. The number of rotatable bonds is 5. The van der Waals surface area contributed by atoms with Crippen LogP contribution in [0.1, 0.15) is 44.9 Å². The molecule has 0 radical (unpaired) electrons. The van der Waals surface area contributed by atoms with E-state index in [4.69, 9.17) is 0 Å². The van der Waals surface area contributed by atoms with E-state index < -0.39 is 6.10 Å². The van der Waals surface area contributed by atoms with Gasteiger partial charge >= 0.3 is 0 Å². The fourth-order valence-corrected chi connectivity index (χ4v) is 5.18. The largest absolute Gasteiger partial charge is 0.391 e. The number of aromatic nitrogens is 1. The van der Waals surface area contributed by atoms with Gasteiger partial charge in [-0.05, 0) is 43.9 Å². The van der Waals surface area contributed by atoms with Crippen LogP contribution in [0.25, 0.3) is 0 Å². The van der Waals surface area contributed by atoms with Crippen LogP contribution in [0.5, 0.6) is 0 Å². The summed E-state index contributed by atoms with van der Waals surface area (Å²) >= 11 is 0. The highest BCUT2D eigenvalue weighted by Crippen LogP contribution is 2.52. The van der Waals surface area contributed by atoms with Gasteiger partial charge in [0.1, 0.15) is 0 Å². The molecule has 1 amide bonds. The van der Waals surface area contributed by atoms with Gasteiger partial charge in [-0.3, -0.25) is 9.78 Å². The van der Waals surface area contributed by atoms with Gasteiger partial charge in [0.15, 0.2) is 0 Å². The van der Waals surface area contributed by atoms with Gasteiger partial charge in [-0.25, -0.2) is 0 Å². The van der Waals surface area contributed by atoms with Gasteiger partial charge in [-0.1, -0.05) is 26.8 Å². The highest BCUT2D eigenvalue weighted by molar-refractivity contribution is 5.78. The Morgan fingerprint density at radius 3 is 2.76 bits per heavy atom. The minimum atomic E-state index is -0.450. The Morgan fingerprint density at radius 1 is 1.44 bits per heavy atom. The molecule has 2 unspecified atom stereocenters. The maximum atomic E-state index is 12.4. The second-order valence-electron chi connectivity index (χ2n) is 8.30. The van der Waals surface area contributed by atoms with Crippen LogP contribution in [0.15, 0.2) is 18.3 Å². The van der Waals surface area contributed by atoms with Crippen LogP contribution in [0.3, 0.4) is 0 Å². The quantitative estimate of drug-likeness (QED) is 0.854. The molecule has 5 heteroatoms. The molecule has 1 aliphatic carbocycles. The molecule has 0 bridgehead atoms. The standard InChI is InChI=1S/C20H31N3O2/c1-5-14-6-7-15(21-11-14)8-18(25)22-16-9-20(10-17(16)24)12-23(4)19(20)13(2)3/h6-7,11,13,16-17,19,24H,5,8-10,12H2,1-4H3,(H,22,25)/t16-,17-,19?,20?/m1/s1. The van der Waals surface area contributed by atoms with Crippen molar-refractivity contribution in [2.24, 2.45) is 11.3 Å². The van der Waals surface area contributed by atoms with E-state index >= 15 is 0 Å². The summed E-state index contributed by atoms with van der Waals surface area (Å²) in [4.78, 5) is 19.1. The van der Waals surface area contributed by atoms with Crippen LogP contribution in [0.2, 0.25) is 0 Å². The predicted molar refractivity (Wildman–Crippen MR) is 98.2 cm³/mol. The van der Waals surface area contributed by atoms with Crippen molar-refractivity contribution < 1.29 is 9.90 Å². The molecular formula is C20H31N3O2. The molecule has 0 aromatic carbocycles. The van der Waals surface area contributed by atoms with Gasteiger partial charge in [-0.2, -0.15) is 0 Å². The molecule has 138 valence electrons. The molecule has 25 heavy (non-hydrogen) atoms. The van der Waals surface area contributed by atoms with E-state index in [0.717, 1.165) is 31.5 Å². The molecule has 1 saturated carbocycles. The van der Waals surface area contributed by atoms with E-state index in [1.807, 2.05) is 18.3 Å². The third kappa shape index (κ3) is 3.58. The summed E-state index contributed by atoms with van der Waals surface area (Å²) in [6.07, 6.45) is 4.26. The number of aryl methyl sites for hydroxylation is 1. The summed E-state index contributed by atoms with van der Waals surface area (Å²) in [5.41, 5.74) is 2.10. The number of pyridine rings is 1. The zero-order valence-corrected chi connectivity index (χ0v) is 15.8. The highest BCUT2D eigenvalue weighted by atomic mass is 16.3. The van der Waals surface area contributed by atoms with Crippen molar-refractivity contribution in [1.82, 2.24) is 15.2 Å². The Bertz CT molecular complexity index is 611. The number of aliphatic hydroxyl groups excluding tert-OH is 1. The first kappa shape index (κ1) is 18.3. The van der Waals surface area contributed by atoms with Crippen molar-refractivity contribution in [3.8, 4) is 0 Å². The monoisotopic (exact) mass is 345 g/mol. The molecule has 2 N–H and O–H groups in total. The van der Waals surface area contributed by atoms with Crippen molar-refractivity contribution in [3.63, 3.8) is 0 Å². The summed E-state index contributed by atoms with van der Waals surface area (Å²) in [6, 6.07) is 4.29. The van der Waals surface area contributed by atoms with E-state index in [9.17, 15) is 9.90 Å². The number of aliphatic hydroxyl groups is 1. The van der Waals surface area contributed by atoms with Gasteiger partial charge in [0, 0.05) is 29.9 Å². The molecule has 4 atom stereocenters. The van der Waals surface area contributed by atoms with Crippen molar-refractivity contribution in [2.75, 3.05) is 13.6 Å². The maximum Gasteiger partial charge on any atom is 0.226 e. The number of carbonyl (C=O) groups is 1. The SMILES string of the molecule is CCc1ccc(CC(=O)N[C@@H]2CC3(C[C@H]2O)CN(C)C3C(C)C)nc1. The Hall–Kier alpha value is -1.46. The summed E-state index contributed by atoms with van der Waals surface area (Å²) in [6.45, 7) is 7.58. The lowest BCUT2D eigenvalue weighted by Gasteiger charge is -2.57. The molecule has 2 aliphatic rings. The summed E-state index contributed by atoms with van der Waals surface area (Å²) in [5.74, 6) is 0.508. The number of hydrogen-bond donors (Lipinski definition) is 2. The first-order valence-electron chi connectivity index (χ1n) is 9.46. The van der Waals surface area contributed by atoms with Gasteiger partial charge < -0.3 is 15.3 Å². The molecule has 1 saturated heterocycles. The summed E-state index contributed by atoms with van der Waals surface area (Å²) < 4.78 is 0. The smallest absolute Gasteiger partial charge is 0.226 e. The topological polar surface area (TPSA) is 65.5 Å². The van der Waals surface area contributed by atoms with E-state index in [-0.39, 0.29) is 23.8 Å². The van der Waals surface area contributed by atoms with Crippen molar-refractivity contribution in [3.05, 3.63) is 29.6 Å². The lowest BCUT2D eigenvalue weighted by atomic mass is 9.66. The lowest BCUT2D eigenvalue weighted by Crippen LogP contribution is -2.64. The van der Waals surface area contributed by atoms with Crippen LogP contribution in [-0.2, 0) is 17.6 Å². The van der Waals surface area contributed by atoms with Crippen molar-refractivity contribution >= 4 is 5.91 Å². The summed E-state index contributed by atoms with van der Waals surface area (Å²) in [7, 11) is 2.15. The Balaban J connectivity index is 1.58. The highest BCUT2D eigenvalue weighted by Gasteiger charge is 2.58. The van der Waals surface area contributed by atoms with Crippen LogP contribution in [0, 0.1) is 11.3 Å². The van der Waals surface area contributed by atoms with Crippen molar-refractivity contribution in [1.29, 1.82) is 0 Å². The van der Waals surface area contributed by atoms with Crippen LogP contribution in [0.4, 0.5) is 0 Å². The third-order valence-corrected chi connectivity index (χ3v) is 5.99. The summed E-state index contributed by atoms with van der Waals surface area (Å²) in [5, 5.41) is 13.6. The van der Waals surface area contributed by atoms with E-state index in [1.54, 1.807) is 0 Å². The second kappa shape index (κ2) is 7.04. The zero-order valence-electron chi connectivity index (χ0n) is 15.8. The van der Waals surface area contributed by atoms with Gasteiger partial charge in [0.05, 0.1) is 18.6 Å². The van der Waals surface area contributed by atoms with Gasteiger partial charge in [-0.15, -0.1) is 0 Å². The van der Waals surface area contributed by atoms with Gasteiger partial charge in [0.2, 0.25) is 5.91 Å². The van der Waals surface area contributed by atoms with E-state index in [0.29, 0.717) is 12.0 Å². The number of carbonyl (C=O) groups excluding carboxylic acids is 1. The first-order valence-corrected chi connectivity index (χ1v) is 9.46. The van der Waals surface area contributed by atoms with E-state index in [1.165, 1.54) is 5.56 Å². The maximum absolute atomic E-state index is 12.4. The molecule has 1 aromatic rings. The number of likely N-dealkylation sites (tertiary alicyclic amines) is 1. The van der Waals surface area contributed by atoms with Crippen LogP contribution >= 0.6 is 0 Å². The molecule has 2 heterocycles. The average molecular weight is 345 g/mol. The molecular weight excluding hydrogens is 314 g/mol. The number of amides is 1. The molecule has 3 rings (SSSR count). The third-order valence-electron chi connectivity index (χ3n) is 5.99. The molecule has 2 fully saturated rings. The minimum absolute atomic E-state index is 0.0494. The Kier molecular flexibility index (Phi) is 5.16. The minimum Gasteiger partial charge on any atom is -0.391 e. The number of nitrogens with one attached hydrogen (secondary N) is 1. The zero-order chi connectivity index (χ0) is 18.2. The van der Waals surface area contributed by atoms with Gasteiger partial charge in [0.25, 0.3) is 0 Å². The molecule has 1 aliphatic heterocycles. The Morgan fingerprint density at radius 2 is 2.20 bits per heavy atom. The molecule has 1 aromatic heterocycles. The Labute approximate surface area is 150 Å². The first-order chi connectivity index (χ1) is 11.8. The number of nitrogens with zero attached hydrogens (tertiary/aromatic N) is 2. The second-order valence-corrected chi connectivity index (χ2v) is 8.30. The molecule has 5 nitrogen and oxygen atoms in total. The van der Waals surface area contributed by atoms with Crippen molar-refractivity contribution in [2.45, 2.75) is 64.6 Å². The fraction of sp³-hybridized carbons (Fsp3) is 0.700. The van der Waals surface area contributed by atoms with Crippen LogP contribution in [-0.4, -0.2) is 52.7 Å². The molecule has 1 spiro atoms.